The number of benzene rings is 2. The van der Waals surface area contributed by atoms with E-state index < -0.39 is 15.7 Å². The zero-order chi connectivity index (χ0) is 22.2. The SMILES string of the molecule is CS(=O)(=O)c1cccc(C(=O)Nc2ccc(NC(=O)CC(C3CC3)C3CC3)cc2Cl)c1. The molecule has 8 heteroatoms. The monoisotopic (exact) mass is 460 g/mol. The van der Waals surface area contributed by atoms with Crippen molar-refractivity contribution in [3.05, 3.63) is 53.1 Å². The number of hydrogen-bond donors (Lipinski definition) is 2. The van der Waals surface area contributed by atoms with E-state index in [2.05, 4.69) is 10.6 Å². The van der Waals surface area contributed by atoms with Crippen molar-refractivity contribution in [3.63, 3.8) is 0 Å². The van der Waals surface area contributed by atoms with Crippen LogP contribution in [-0.4, -0.2) is 26.5 Å². The normalized spacial score (nSPS) is 16.2. The third-order valence-electron chi connectivity index (χ3n) is 5.90. The van der Waals surface area contributed by atoms with Crippen LogP contribution in [0.25, 0.3) is 0 Å². The third kappa shape index (κ3) is 5.66. The molecular formula is C23H25ClN2O4S. The quantitative estimate of drug-likeness (QED) is 0.594. The molecule has 0 bridgehead atoms. The molecule has 0 radical (unpaired) electrons. The zero-order valence-corrected chi connectivity index (χ0v) is 18.8. The van der Waals surface area contributed by atoms with E-state index in [9.17, 15) is 18.0 Å². The summed E-state index contributed by atoms with van der Waals surface area (Å²) in [4.78, 5) is 25.1. The second-order valence-corrected chi connectivity index (χ2v) is 11.0. The molecular weight excluding hydrogens is 436 g/mol. The van der Waals surface area contributed by atoms with E-state index in [1.54, 1.807) is 18.2 Å². The second kappa shape index (κ2) is 8.63. The maximum absolute atomic E-state index is 12.5. The van der Waals surface area contributed by atoms with Crippen LogP contribution in [0.4, 0.5) is 11.4 Å². The average molecular weight is 461 g/mol. The minimum Gasteiger partial charge on any atom is -0.326 e. The van der Waals surface area contributed by atoms with E-state index >= 15 is 0 Å². The maximum Gasteiger partial charge on any atom is 0.255 e. The lowest BCUT2D eigenvalue weighted by Crippen LogP contribution is -2.19. The molecule has 0 spiro atoms. The molecule has 0 heterocycles. The third-order valence-corrected chi connectivity index (χ3v) is 7.32. The number of nitrogens with one attached hydrogen (secondary N) is 2. The van der Waals surface area contributed by atoms with Crippen LogP contribution in [0.1, 0.15) is 42.5 Å². The maximum atomic E-state index is 12.5. The van der Waals surface area contributed by atoms with Crippen LogP contribution >= 0.6 is 11.6 Å². The van der Waals surface area contributed by atoms with Crippen molar-refractivity contribution in [1.29, 1.82) is 0 Å². The molecule has 0 aromatic heterocycles. The lowest BCUT2D eigenvalue weighted by molar-refractivity contribution is -0.117. The molecule has 0 saturated heterocycles. The molecule has 2 N–H and O–H groups in total. The van der Waals surface area contributed by atoms with Crippen LogP contribution in [0.3, 0.4) is 0 Å². The summed E-state index contributed by atoms with van der Waals surface area (Å²) in [5.41, 5.74) is 1.17. The summed E-state index contributed by atoms with van der Waals surface area (Å²) in [6.07, 6.45) is 6.58. The topological polar surface area (TPSA) is 92.3 Å². The van der Waals surface area contributed by atoms with Crippen molar-refractivity contribution < 1.29 is 18.0 Å². The van der Waals surface area contributed by atoms with Gasteiger partial charge in [-0.2, -0.15) is 0 Å². The first-order valence-corrected chi connectivity index (χ1v) is 12.7. The van der Waals surface area contributed by atoms with Crippen molar-refractivity contribution in [2.24, 2.45) is 17.8 Å². The first-order valence-electron chi connectivity index (χ1n) is 10.4. The van der Waals surface area contributed by atoms with Crippen LogP contribution in [-0.2, 0) is 14.6 Å². The van der Waals surface area contributed by atoms with Gasteiger partial charge < -0.3 is 10.6 Å². The van der Waals surface area contributed by atoms with E-state index in [1.807, 2.05) is 0 Å². The van der Waals surface area contributed by atoms with Crippen molar-refractivity contribution in [2.45, 2.75) is 37.0 Å². The van der Waals surface area contributed by atoms with Gasteiger partial charge in [0.2, 0.25) is 5.91 Å². The highest BCUT2D eigenvalue weighted by atomic mass is 35.5. The number of sulfone groups is 1. The van der Waals surface area contributed by atoms with E-state index in [-0.39, 0.29) is 21.4 Å². The largest absolute Gasteiger partial charge is 0.326 e. The van der Waals surface area contributed by atoms with Crippen molar-refractivity contribution in [3.8, 4) is 0 Å². The highest BCUT2D eigenvalue weighted by Crippen LogP contribution is 2.50. The van der Waals surface area contributed by atoms with Gasteiger partial charge in [-0.15, -0.1) is 0 Å². The van der Waals surface area contributed by atoms with Gasteiger partial charge in [-0.25, -0.2) is 8.42 Å². The first kappa shape index (κ1) is 21.8. The number of amides is 2. The minimum absolute atomic E-state index is 0.00533. The number of rotatable bonds is 8. The Hall–Kier alpha value is -2.38. The smallest absolute Gasteiger partial charge is 0.255 e. The molecule has 4 rings (SSSR count). The van der Waals surface area contributed by atoms with Gasteiger partial charge in [0.25, 0.3) is 5.91 Å². The van der Waals surface area contributed by atoms with Gasteiger partial charge in [0.15, 0.2) is 9.84 Å². The van der Waals surface area contributed by atoms with E-state index in [4.69, 9.17) is 11.6 Å². The Morgan fingerprint density at radius 1 is 1.03 bits per heavy atom. The summed E-state index contributed by atoms with van der Waals surface area (Å²) in [7, 11) is -3.42. The predicted octanol–water partition coefficient (Wildman–Crippen LogP) is 4.76. The molecule has 2 aromatic carbocycles. The molecule has 2 aliphatic carbocycles. The molecule has 0 atom stereocenters. The Kier molecular flexibility index (Phi) is 6.08. The summed E-state index contributed by atoms with van der Waals surface area (Å²) in [5.74, 6) is 1.44. The zero-order valence-electron chi connectivity index (χ0n) is 17.2. The lowest BCUT2D eigenvalue weighted by Gasteiger charge is -2.15. The molecule has 0 aliphatic heterocycles. The molecule has 31 heavy (non-hydrogen) atoms. The Morgan fingerprint density at radius 2 is 1.71 bits per heavy atom. The number of carbonyl (C=O) groups excluding carboxylic acids is 2. The standard InChI is InChI=1S/C23H25ClN2O4S/c1-31(29,30)18-4-2-3-16(11-18)23(28)26-21-10-9-17(12-20(21)24)25-22(27)13-19(14-5-6-14)15-7-8-15/h2-4,9-12,14-15,19H,5-8,13H2,1H3,(H,25,27)(H,26,28). The fraction of sp³-hybridized carbons (Fsp3) is 0.391. The molecule has 2 fully saturated rings. The Labute approximate surface area is 187 Å². The predicted molar refractivity (Wildman–Crippen MR) is 121 cm³/mol. The fourth-order valence-electron chi connectivity index (χ4n) is 3.95. The second-order valence-electron chi connectivity index (χ2n) is 8.54. The average Bonchev–Trinajstić information content (AvgIpc) is 3.61. The van der Waals surface area contributed by atoms with Crippen LogP contribution in [0, 0.1) is 17.8 Å². The molecule has 2 saturated carbocycles. The lowest BCUT2D eigenvalue weighted by atomic mass is 9.94. The molecule has 2 amide bonds. The van der Waals surface area contributed by atoms with Crippen LogP contribution < -0.4 is 10.6 Å². The van der Waals surface area contributed by atoms with Crippen LogP contribution in [0.15, 0.2) is 47.4 Å². The summed E-state index contributed by atoms with van der Waals surface area (Å²) in [6.45, 7) is 0. The fourth-order valence-corrected chi connectivity index (χ4v) is 4.84. The van der Waals surface area contributed by atoms with E-state index in [0.29, 0.717) is 35.5 Å². The summed E-state index contributed by atoms with van der Waals surface area (Å²) in [5, 5.41) is 5.88. The Morgan fingerprint density at radius 3 is 2.29 bits per heavy atom. The van der Waals surface area contributed by atoms with Gasteiger partial charge in [-0.05, 0) is 79.8 Å². The van der Waals surface area contributed by atoms with E-state index in [0.717, 1.165) is 6.26 Å². The van der Waals surface area contributed by atoms with E-state index in [1.165, 1.54) is 49.9 Å². The number of hydrogen-bond acceptors (Lipinski definition) is 4. The number of halogens is 1. The molecule has 6 nitrogen and oxygen atoms in total. The van der Waals surface area contributed by atoms with Gasteiger partial charge in [0, 0.05) is 23.9 Å². The van der Waals surface area contributed by atoms with Gasteiger partial charge in [-0.1, -0.05) is 17.7 Å². The molecule has 2 aromatic rings. The van der Waals surface area contributed by atoms with Gasteiger partial charge in [0.1, 0.15) is 0 Å². The summed E-state index contributed by atoms with van der Waals surface area (Å²) in [6, 6.07) is 10.7. The number of anilines is 2. The van der Waals surface area contributed by atoms with Gasteiger partial charge >= 0.3 is 0 Å². The minimum atomic E-state index is -3.42. The summed E-state index contributed by atoms with van der Waals surface area (Å²) < 4.78 is 23.4. The molecule has 164 valence electrons. The molecule has 0 unspecified atom stereocenters. The summed E-state index contributed by atoms with van der Waals surface area (Å²) >= 11 is 6.31. The van der Waals surface area contributed by atoms with Crippen molar-refractivity contribution in [1.82, 2.24) is 0 Å². The van der Waals surface area contributed by atoms with Crippen LogP contribution in [0.2, 0.25) is 5.02 Å². The van der Waals surface area contributed by atoms with Gasteiger partial charge in [0.05, 0.1) is 15.6 Å². The van der Waals surface area contributed by atoms with Crippen molar-refractivity contribution in [2.75, 3.05) is 16.9 Å². The highest BCUT2D eigenvalue weighted by Gasteiger charge is 2.42. The van der Waals surface area contributed by atoms with Crippen LogP contribution in [0.5, 0.6) is 0 Å². The molecule has 2 aliphatic rings. The first-order chi connectivity index (χ1) is 14.7. The Bertz CT molecular complexity index is 1110. The number of carbonyl (C=O) groups is 2. The highest BCUT2D eigenvalue weighted by molar-refractivity contribution is 7.90. The van der Waals surface area contributed by atoms with Crippen molar-refractivity contribution >= 4 is 44.6 Å². The Balaban J connectivity index is 1.39. The van der Waals surface area contributed by atoms with Gasteiger partial charge in [-0.3, -0.25) is 9.59 Å².